The summed E-state index contributed by atoms with van der Waals surface area (Å²) in [5.41, 5.74) is 1.09. The summed E-state index contributed by atoms with van der Waals surface area (Å²) >= 11 is 1.46. The van der Waals surface area contributed by atoms with Crippen LogP contribution in [0.3, 0.4) is 0 Å². The maximum Gasteiger partial charge on any atom is 0.117 e. The molecule has 80 valence electrons. The zero-order valence-corrected chi connectivity index (χ0v) is 9.38. The SMILES string of the molecule is CCc1nnsc1CNCc1ccco1. The van der Waals surface area contributed by atoms with Gasteiger partial charge >= 0.3 is 0 Å². The lowest BCUT2D eigenvalue weighted by Crippen LogP contribution is -2.12. The lowest BCUT2D eigenvalue weighted by atomic mass is 10.3. The van der Waals surface area contributed by atoms with Gasteiger partial charge in [-0.3, -0.25) is 0 Å². The van der Waals surface area contributed by atoms with E-state index in [-0.39, 0.29) is 0 Å². The van der Waals surface area contributed by atoms with Crippen molar-refractivity contribution in [3.8, 4) is 0 Å². The van der Waals surface area contributed by atoms with Gasteiger partial charge in [-0.15, -0.1) is 5.10 Å². The van der Waals surface area contributed by atoms with E-state index in [1.54, 1.807) is 6.26 Å². The Morgan fingerprint density at radius 1 is 1.47 bits per heavy atom. The molecule has 1 N–H and O–H groups in total. The number of nitrogens with zero attached hydrogens (tertiary/aromatic N) is 2. The van der Waals surface area contributed by atoms with Gasteiger partial charge in [0.25, 0.3) is 0 Å². The highest BCUT2D eigenvalue weighted by molar-refractivity contribution is 7.05. The van der Waals surface area contributed by atoms with Gasteiger partial charge < -0.3 is 9.73 Å². The van der Waals surface area contributed by atoms with Crippen LogP contribution in [0.5, 0.6) is 0 Å². The lowest BCUT2D eigenvalue weighted by molar-refractivity contribution is 0.483. The first-order chi connectivity index (χ1) is 7.40. The summed E-state index contributed by atoms with van der Waals surface area (Å²) in [6.45, 7) is 3.64. The molecule has 4 nitrogen and oxygen atoms in total. The Kier molecular flexibility index (Phi) is 3.47. The second-order valence-corrected chi connectivity index (χ2v) is 4.02. The monoisotopic (exact) mass is 223 g/mol. The lowest BCUT2D eigenvalue weighted by Gasteiger charge is -2.00. The van der Waals surface area contributed by atoms with Crippen LogP contribution in [0, 0.1) is 0 Å². The van der Waals surface area contributed by atoms with E-state index in [1.165, 1.54) is 16.4 Å². The quantitative estimate of drug-likeness (QED) is 0.842. The summed E-state index contributed by atoms with van der Waals surface area (Å²) in [4.78, 5) is 1.21. The maximum atomic E-state index is 5.22. The van der Waals surface area contributed by atoms with E-state index in [0.717, 1.165) is 31.0 Å². The van der Waals surface area contributed by atoms with E-state index in [4.69, 9.17) is 4.42 Å². The molecule has 0 spiro atoms. The van der Waals surface area contributed by atoms with E-state index >= 15 is 0 Å². The predicted octanol–water partition coefficient (Wildman–Crippen LogP) is 1.98. The van der Waals surface area contributed by atoms with E-state index in [0.29, 0.717) is 0 Å². The Bertz CT molecular complexity index is 396. The van der Waals surface area contributed by atoms with Gasteiger partial charge in [0.05, 0.1) is 23.4 Å². The number of aromatic nitrogens is 2. The molecular formula is C10H13N3OS. The Balaban J connectivity index is 1.83. The van der Waals surface area contributed by atoms with Crippen molar-refractivity contribution in [1.29, 1.82) is 0 Å². The predicted molar refractivity (Wildman–Crippen MR) is 58.5 cm³/mol. The molecule has 0 aromatic carbocycles. The first-order valence-electron chi connectivity index (χ1n) is 4.93. The molecule has 0 radical (unpaired) electrons. The van der Waals surface area contributed by atoms with Crippen LogP contribution in [0.4, 0.5) is 0 Å². The van der Waals surface area contributed by atoms with Crippen LogP contribution in [-0.4, -0.2) is 9.59 Å². The zero-order valence-electron chi connectivity index (χ0n) is 8.56. The van der Waals surface area contributed by atoms with Crippen molar-refractivity contribution in [3.05, 3.63) is 34.7 Å². The minimum atomic E-state index is 0.744. The third kappa shape index (κ3) is 2.64. The second-order valence-electron chi connectivity index (χ2n) is 3.18. The summed E-state index contributed by atoms with van der Waals surface area (Å²) in [7, 11) is 0. The number of nitrogens with one attached hydrogen (secondary N) is 1. The second kappa shape index (κ2) is 5.04. The molecule has 0 aliphatic carbocycles. The van der Waals surface area contributed by atoms with E-state index in [9.17, 15) is 0 Å². The van der Waals surface area contributed by atoms with Crippen molar-refractivity contribution in [2.45, 2.75) is 26.4 Å². The Morgan fingerprint density at radius 2 is 2.40 bits per heavy atom. The molecule has 2 aromatic rings. The Labute approximate surface area is 92.5 Å². The third-order valence-corrected chi connectivity index (χ3v) is 2.90. The highest BCUT2D eigenvalue weighted by Crippen LogP contribution is 2.10. The van der Waals surface area contributed by atoms with E-state index < -0.39 is 0 Å². The molecule has 2 aromatic heterocycles. The smallest absolute Gasteiger partial charge is 0.117 e. The van der Waals surface area contributed by atoms with Crippen LogP contribution in [0.2, 0.25) is 0 Å². The molecule has 0 bridgehead atoms. The Hall–Kier alpha value is -1.20. The summed E-state index contributed by atoms with van der Waals surface area (Å²) in [6.07, 6.45) is 2.62. The number of aryl methyl sites for hydroxylation is 1. The van der Waals surface area contributed by atoms with Crippen molar-refractivity contribution in [2.24, 2.45) is 0 Å². The first-order valence-corrected chi connectivity index (χ1v) is 5.70. The molecule has 5 heteroatoms. The van der Waals surface area contributed by atoms with Crippen LogP contribution in [0.1, 0.15) is 23.3 Å². The summed E-state index contributed by atoms with van der Waals surface area (Å²) in [5.74, 6) is 0.950. The van der Waals surface area contributed by atoms with E-state index in [2.05, 4.69) is 21.8 Å². The van der Waals surface area contributed by atoms with Crippen LogP contribution in [-0.2, 0) is 19.5 Å². The largest absolute Gasteiger partial charge is 0.468 e. The van der Waals surface area contributed by atoms with Crippen LogP contribution in [0.15, 0.2) is 22.8 Å². The van der Waals surface area contributed by atoms with Gasteiger partial charge in [0.1, 0.15) is 5.76 Å². The maximum absolute atomic E-state index is 5.22. The molecule has 0 fully saturated rings. The standard InChI is InChI=1S/C10H13N3OS/c1-2-9-10(15-13-12-9)7-11-6-8-4-3-5-14-8/h3-5,11H,2,6-7H2,1H3. The molecule has 0 aliphatic rings. The van der Waals surface area contributed by atoms with Crippen molar-refractivity contribution >= 4 is 11.5 Å². The fraction of sp³-hybridized carbons (Fsp3) is 0.400. The Morgan fingerprint density at radius 3 is 3.13 bits per heavy atom. The topological polar surface area (TPSA) is 51.0 Å². The van der Waals surface area contributed by atoms with Crippen LogP contribution < -0.4 is 5.32 Å². The molecule has 0 aliphatic heterocycles. The highest BCUT2D eigenvalue weighted by atomic mass is 32.1. The van der Waals surface area contributed by atoms with Crippen molar-refractivity contribution in [3.63, 3.8) is 0 Å². The van der Waals surface area contributed by atoms with Crippen molar-refractivity contribution < 1.29 is 4.42 Å². The minimum Gasteiger partial charge on any atom is -0.468 e. The van der Waals surface area contributed by atoms with Crippen molar-refractivity contribution in [1.82, 2.24) is 14.9 Å². The summed E-state index contributed by atoms with van der Waals surface area (Å²) in [6, 6.07) is 3.85. The molecular weight excluding hydrogens is 210 g/mol. The van der Waals surface area contributed by atoms with Crippen LogP contribution in [0.25, 0.3) is 0 Å². The molecule has 0 saturated carbocycles. The fourth-order valence-corrected chi connectivity index (χ4v) is 2.04. The van der Waals surface area contributed by atoms with Crippen LogP contribution >= 0.6 is 11.5 Å². The molecule has 0 amide bonds. The molecule has 2 rings (SSSR count). The average Bonchev–Trinajstić information content (AvgIpc) is 2.88. The third-order valence-electron chi connectivity index (χ3n) is 2.13. The van der Waals surface area contributed by atoms with Gasteiger partial charge in [-0.25, -0.2) is 0 Å². The van der Waals surface area contributed by atoms with Gasteiger partial charge in [0.15, 0.2) is 0 Å². The zero-order chi connectivity index (χ0) is 10.5. The number of hydrogen-bond donors (Lipinski definition) is 1. The first kappa shape index (κ1) is 10.3. The average molecular weight is 223 g/mol. The fourth-order valence-electron chi connectivity index (χ4n) is 1.34. The van der Waals surface area contributed by atoms with Gasteiger partial charge in [-0.05, 0) is 30.1 Å². The molecule has 0 saturated heterocycles. The molecule has 2 heterocycles. The van der Waals surface area contributed by atoms with Gasteiger partial charge in [-0.2, -0.15) is 0 Å². The normalized spacial score (nSPS) is 10.7. The number of rotatable bonds is 5. The van der Waals surface area contributed by atoms with E-state index in [1.807, 2.05) is 12.1 Å². The molecule has 15 heavy (non-hydrogen) atoms. The van der Waals surface area contributed by atoms with Gasteiger partial charge in [-0.1, -0.05) is 11.4 Å². The highest BCUT2D eigenvalue weighted by Gasteiger charge is 2.05. The minimum absolute atomic E-state index is 0.744. The van der Waals surface area contributed by atoms with Gasteiger partial charge in [0, 0.05) is 6.54 Å². The van der Waals surface area contributed by atoms with Gasteiger partial charge in [0.2, 0.25) is 0 Å². The number of furan rings is 1. The van der Waals surface area contributed by atoms with Crippen molar-refractivity contribution in [2.75, 3.05) is 0 Å². The molecule has 0 unspecified atom stereocenters. The number of hydrogen-bond acceptors (Lipinski definition) is 5. The summed E-state index contributed by atoms with van der Waals surface area (Å²) in [5, 5.41) is 7.36. The molecule has 0 atom stereocenters. The summed E-state index contributed by atoms with van der Waals surface area (Å²) < 4.78 is 9.16.